The molecule has 0 fully saturated rings. The second-order valence-corrected chi connectivity index (χ2v) is 5.26. The lowest BCUT2D eigenvalue weighted by atomic mass is 10.2. The van der Waals surface area contributed by atoms with Gasteiger partial charge in [0.15, 0.2) is 0 Å². The van der Waals surface area contributed by atoms with Gasteiger partial charge in [-0.2, -0.15) is 10.1 Å². The summed E-state index contributed by atoms with van der Waals surface area (Å²) in [4.78, 5) is 4.28. The zero-order chi connectivity index (χ0) is 18.2. The summed E-state index contributed by atoms with van der Waals surface area (Å²) in [5, 5.41) is 4.26. The zero-order valence-corrected chi connectivity index (χ0v) is 14.5. The molecule has 0 saturated heterocycles. The molecule has 0 bridgehead atoms. The van der Waals surface area contributed by atoms with Crippen LogP contribution in [0.5, 0.6) is 23.3 Å². The molecule has 0 radical (unpaired) electrons. The van der Waals surface area contributed by atoms with Crippen molar-refractivity contribution in [2.45, 2.75) is 0 Å². The lowest BCUT2D eigenvalue weighted by Gasteiger charge is -2.10. The second kappa shape index (κ2) is 8.53. The number of hydrazone groups is 1. The van der Waals surface area contributed by atoms with Gasteiger partial charge in [0.25, 0.3) is 0 Å². The molecule has 0 aliphatic carbocycles. The highest BCUT2D eigenvalue weighted by atomic mass is 16.5. The third kappa shape index (κ3) is 4.51. The van der Waals surface area contributed by atoms with Crippen LogP contribution in [0.15, 0.2) is 71.8 Å². The third-order valence-electron chi connectivity index (χ3n) is 3.50. The molecule has 1 heterocycles. The Balaban J connectivity index is 1.79. The number of pyridine rings is 1. The molecule has 2 aromatic carbocycles. The normalized spacial score (nSPS) is 10.5. The van der Waals surface area contributed by atoms with Gasteiger partial charge in [0, 0.05) is 17.7 Å². The average Bonchev–Trinajstić information content (AvgIpc) is 2.69. The minimum Gasteiger partial charge on any atom is -0.496 e. The average molecular weight is 349 g/mol. The molecule has 0 amide bonds. The molecule has 0 spiro atoms. The van der Waals surface area contributed by atoms with Gasteiger partial charge in [0.2, 0.25) is 11.8 Å². The Labute approximate surface area is 152 Å². The number of para-hydroxylation sites is 2. The van der Waals surface area contributed by atoms with Gasteiger partial charge in [0.1, 0.15) is 11.5 Å². The van der Waals surface area contributed by atoms with Crippen molar-refractivity contribution in [3.8, 4) is 23.3 Å². The van der Waals surface area contributed by atoms with Crippen LogP contribution in [0.4, 0.5) is 5.69 Å². The molecule has 26 heavy (non-hydrogen) atoms. The van der Waals surface area contributed by atoms with Crippen LogP contribution >= 0.6 is 0 Å². The first kappa shape index (κ1) is 17.3. The number of nitrogens with one attached hydrogen (secondary N) is 1. The van der Waals surface area contributed by atoms with Crippen molar-refractivity contribution < 1.29 is 14.2 Å². The number of ether oxygens (including phenoxy) is 3. The molecule has 3 rings (SSSR count). The Kier molecular flexibility index (Phi) is 5.67. The standard InChI is InChI=1S/C20H19N3O3/c1-24-17-12-19(25-2)22-20(13-17)26-18-11-7-6-8-15(18)14-21-23-16-9-4-3-5-10-16/h3-14,23H,1-2H3. The number of rotatable bonds is 7. The van der Waals surface area contributed by atoms with Crippen molar-refractivity contribution in [1.82, 2.24) is 4.98 Å². The van der Waals surface area contributed by atoms with Gasteiger partial charge in [-0.3, -0.25) is 5.43 Å². The van der Waals surface area contributed by atoms with Crippen LogP contribution in [-0.4, -0.2) is 25.4 Å². The van der Waals surface area contributed by atoms with E-state index in [-0.39, 0.29) is 0 Å². The number of methoxy groups -OCH3 is 2. The van der Waals surface area contributed by atoms with E-state index in [0.29, 0.717) is 23.3 Å². The molecule has 1 N–H and O–H groups in total. The second-order valence-electron chi connectivity index (χ2n) is 5.26. The van der Waals surface area contributed by atoms with Crippen molar-refractivity contribution in [3.63, 3.8) is 0 Å². The van der Waals surface area contributed by atoms with Crippen molar-refractivity contribution >= 4 is 11.9 Å². The molecule has 0 aliphatic rings. The number of nitrogens with zero attached hydrogens (tertiary/aromatic N) is 2. The van der Waals surface area contributed by atoms with Gasteiger partial charge in [-0.15, -0.1) is 0 Å². The van der Waals surface area contributed by atoms with Gasteiger partial charge >= 0.3 is 0 Å². The Morgan fingerprint density at radius 2 is 1.62 bits per heavy atom. The van der Waals surface area contributed by atoms with Crippen LogP contribution in [0.2, 0.25) is 0 Å². The van der Waals surface area contributed by atoms with Crippen LogP contribution in [0.25, 0.3) is 0 Å². The minimum absolute atomic E-state index is 0.373. The maximum absolute atomic E-state index is 5.91. The molecule has 0 unspecified atom stereocenters. The molecule has 3 aromatic rings. The van der Waals surface area contributed by atoms with E-state index < -0.39 is 0 Å². The highest BCUT2D eigenvalue weighted by molar-refractivity contribution is 5.84. The molecule has 1 aromatic heterocycles. The first-order valence-electron chi connectivity index (χ1n) is 7.99. The van der Waals surface area contributed by atoms with E-state index in [1.165, 1.54) is 0 Å². The Bertz CT molecular complexity index is 860. The number of benzene rings is 2. The number of hydrogen-bond donors (Lipinski definition) is 1. The summed E-state index contributed by atoms with van der Waals surface area (Å²) in [5.41, 5.74) is 4.69. The first-order chi connectivity index (χ1) is 12.8. The largest absolute Gasteiger partial charge is 0.496 e. The van der Waals surface area contributed by atoms with E-state index in [4.69, 9.17) is 14.2 Å². The molecule has 6 nitrogen and oxygen atoms in total. The van der Waals surface area contributed by atoms with Crippen LogP contribution in [0.3, 0.4) is 0 Å². The van der Waals surface area contributed by atoms with E-state index >= 15 is 0 Å². The molecule has 0 saturated carbocycles. The summed E-state index contributed by atoms with van der Waals surface area (Å²) in [6.45, 7) is 0. The Morgan fingerprint density at radius 1 is 0.885 bits per heavy atom. The van der Waals surface area contributed by atoms with Crippen LogP contribution in [-0.2, 0) is 0 Å². The maximum atomic E-state index is 5.91. The summed E-state index contributed by atoms with van der Waals surface area (Å²) >= 11 is 0. The summed E-state index contributed by atoms with van der Waals surface area (Å²) < 4.78 is 16.3. The fraction of sp³-hybridized carbons (Fsp3) is 0.100. The predicted molar refractivity (Wildman–Crippen MR) is 102 cm³/mol. The van der Waals surface area contributed by atoms with E-state index in [1.54, 1.807) is 32.6 Å². The lowest BCUT2D eigenvalue weighted by molar-refractivity contribution is 0.367. The van der Waals surface area contributed by atoms with Crippen molar-refractivity contribution in [1.29, 1.82) is 0 Å². The summed E-state index contributed by atoms with van der Waals surface area (Å²) in [5.74, 6) is 2.01. The topological polar surface area (TPSA) is 65.0 Å². The molecule has 132 valence electrons. The SMILES string of the molecule is COc1cc(OC)nc(Oc2ccccc2C=NNc2ccccc2)c1. The fourth-order valence-electron chi connectivity index (χ4n) is 2.21. The van der Waals surface area contributed by atoms with Crippen molar-refractivity contribution in [3.05, 3.63) is 72.3 Å². The quantitative estimate of drug-likeness (QED) is 0.508. The predicted octanol–water partition coefficient (Wildman–Crippen LogP) is 4.34. The first-order valence-corrected chi connectivity index (χ1v) is 7.99. The summed E-state index contributed by atoms with van der Waals surface area (Å²) in [6.07, 6.45) is 1.69. The number of anilines is 1. The fourth-order valence-corrected chi connectivity index (χ4v) is 2.21. The van der Waals surface area contributed by atoms with Crippen molar-refractivity contribution in [2.75, 3.05) is 19.6 Å². The Morgan fingerprint density at radius 3 is 2.38 bits per heavy atom. The van der Waals surface area contributed by atoms with Gasteiger partial charge in [0.05, 0.1) is 26.1 Å². The van der Waals surface area contributed by atoms with Crippen molar-refractivity contribution in [2.24, 2.45) is 5.10 Å². The van der Waals surface area contributed by atoms with Crippen LogP contribution in [0, 0.1) is 0 Å². The monoisotopic (exact) mass is 349 g/mol. The lowest BCUT2D eigenvalue weighted by Crippen LogP contribution is -1.97. The zero-order valence-electron chi connectivity index (χ0n) is 14.5. The van der Waals surface area contributed by atoms with E-state index in [1.807, 2.05) is 54.6 Å². The highest BCUT2D eigenvalue weighted by Crippen LogP contribution is 2.28. The number of hydrogen-bond acceptors (Lipinski definition) is 6. The maximum Gasteiger partial charge on any atom is 0.226 e. The van der Waals surface area contributed by atoms with E-state index in [9.17, 15) is 0 Å². The molecule has 0 aliphatic heterocycles. The number of aromatic nitrogens is 1. The van der Waals surface area contributed by atoms with E-state index in [2.05, 4.69) is 15.5 Å². The van der Waals surface area contributed by atoms with Gasteiger partial charge < -0.3 is 14.2 Å². The molecule has 6 heteroatoms. The smallest absolute Gasteiger partial charge is 0.226 e. The van der Waals surface area contributed by atoms with Gasteiger partial charge in [-0.1, -0.05) is 30.3 Å². The van der Waals surface area contributed by atoms with Gasteiger partial charge in [-0.05, 0) is 24.3 Å². The molecular formula is C20H19N3O3. The highest BCUT2D eigenvalue weighted by Gasteiger charge is 2.08. The van der Waals surface area contributed by atoms with Crippen LogP contribution < -0.4 is 19.6 Å². The summed E-state index contributed by atoms with van der Waals surface area (Å²) in [7, 11) is 3.12. The van der Waals surface area contributed by atoms with Gasteiger partial charge in [-0.25, -0.2) is 0 Å². The Hall–Kier alpha value is -3.54. The summed E-state index contributed by atoms with van der Waals surface area (Å²) in [6, 6.07) is 20.6. The van der Waals surface area contributed by atoms with Crippen LogP contribution in [0.1, 0.15) is 5.56 Å². The van der Waals surface area contributed by atoms with E-state index in [0.717, 1.165) is 11.3 Å². The molecule has 0 atom stereocenters. The minimum atomic E-state index is 0.373. The molecular weight excluding hydrogens is 330 g/mol. The third-order valence-corrected chi connectivity index (χ3v) is 3.50.